The average molecular weight is 192 g/mol. The Morgan fingerprint density at radius 2 is 2.14 bits per heavy atom. The summed E-state index contributed by atoms with van der Waals surface area (Å²) >= 11 is 0. The molecule has 1 aromatic rings. The van der Waals surface area contributed by atoms with E-state index in [2.05, 4.69) is 6.58 Å². The molecule has 1 rings (SSSR count). The summed E-state index contributed by atoms with van der Waals surface area (Å²) in [4.78, 5) is 0. The van der Waals surface area contributed by atoms with Crippen molar-refractivity contribution in [1.29, 1.82) is 0 Å². The van der Waals surface area contributed by atoms with Crippen molar-refractivity contribution in [2.75, 3.05) is 7.11 Å². The lowest BCUT2D eigenvalue weighted by Gasteiger charge is -2.14. The van der Waals surface area contributed by atoms with Crippen molar-refractivity contribution in [2.45, 2.75) is 20.1 Å². The molecule has 1 unspecified atom stereocenters. The molecule has 2 heteroatoms. The minimum atomic E-state index is -0.219. The molecule has 0 heterocycles. The van der Waals surface area contributed by atoms with Crippen molar-refractivity contribution in [3.63, 3.8) is 0 Å². The van der Waals surface area contributed by atoms with Crippen LogP contribution in [0.4, 0.5) is 0 Å². The van der Waals surface area contributed by atoms with Crippen molar-refractivity contribution >= 4 is 6.08 Å². The van der Waals surface area contributed by atoms with E-state index in [1.807, 2.05) is 38.1 Å². The van der Waals surface area contributed by atoms with Gasteiger partial charge in [-0.2, -0.15) is 0 Å². The first-order valence-electron chi connectivity index (χ1n) is 4.60. The topological polar surface area (TPSA) is 18.5 Å². The van der Waals surface area contributed by atoms with Gasteiger partial charge in [0.05, 0.1) is 0 Å². The van der Waals surface area contributed by atoms with Crippen molar-refractivity contribution in [2.24, 2.45) is 0 Å². The predicted octanol–water partition coefficient (Wildman–Crippen LogP) is 3.01. The summed E-state index contributed by atoms with van der Waals surface area (Å²) in [6.07, 6.45) is 1.60. The van der Waals surface area contributed by atoms with E-state index in [0.717, 1.165) is 16.9 Å². The number of methoxy groups -OCH3 is 1. The molecule has 0 amide bonds. The van der Waals surface area contributed by atoms with Gasteiger partial charge in [0, 0.05) is 7.11 Å². The molecule has 0 N–H and O–H groups in total. The number of aryl methyl sites for hydroxylation is 1. The number of ether oxygens (including phenoxy) is 2. The normalized spacial score (nSPS) is 12.2. The first-order chi connectivity index (χ1) is 6.67. The van der Waals surface area contributed by atoms with Gasteiger partial charge in [0.2, 0.25) is 0 Å². The van der Waals surface area contributed by atoms with Gasteiger partial charge >= 0.3 is 0 Å². The largest absolute Gasteiger partial charge is 0.465 e. The molecular formula is C12H16O2. The highest BCUT2D eigenvalue weighted by Crippen LogP contribution is 2.20. The Balaban J connectivity index is 2.83. The minimum Gasteiger partial charge on any atom is -0.465 e. The zero-order valence-corrected chi connectivity index (χ0v) is 8.91. The van der Waals surface area contributed by atoms with E-state index in [1.54, 1.807) is 7.11 Å². The van der Waals surface area contributed by atoms with Crippen LogP contribution in [0.2, 0.25) is 0 Å². The van der Waals surface area contributed by atoms with Gasteiger partial charge in [0.1, 0.15) is 5.75 Å². The molecule has 0 aliphatic heterocycles. The Morgan fingerprint density at radius 3 is 2.64 bits per heavy atom. The van der Waals surface area contributed by atoms with Crippen LogP contribution in [0.25, 0.3) is 6.08 Å². The number of rotatable bonds is 4. The zero-order chi connectivity index (χ0) is 10.6. The van der Waals surface area contributed by atoms with Gasteiger partial charge in [-0.15, -0.1) is 0 Å². The third kappa shape index (κ3) is 2.60. The fourth-order valence-electron chi connectivity index (χ4n) is 1.16. The molecule has 0 radical (unpaired) electrons. The quantitative estimate of drug-likeness (QED) is 0.683. The second-order valence-electron chi connectivity index (χ2n) is 3.15. The van der Waals surface area contributed by atoms with Crippen LogP contribution in [0.15, 0.2) is 24.8 Å². The Bertz CT molecular complexity index is 318. The zero-order valence-electron chi connectivity index (χ0n) is 8.91. The summed E-state index contributed by atoms with van der Waals surface area (Å²) < 4.78 is 10.6. The van der Waals surface area contributed by atoms with Gasteiger partial charge in [-0.1, -0.05) is 18.7 Å². The number of benzene rings is 1. The second-order valence-corrected chi connectivity index (χ2v) is 3.15. The summed E-state index contributed by atoms with van der Waals surface area (Å²) in [5.74, 6) is 0.852. The summed E-state index contributed by atoms with van der Waals surface area (Å²) in [6, 6.07) is 5.93. The van der Waals surface area contributed by atoms with Gasteiger partial charge < -0.3 is 9.47 Å². The maximum Gasteiger partial charge on any atom is 0.196 e. The second kappa shape index (κ2) is 4.82. The summed E-state index contributed by atoms with van der Waals surface area (Å²) in [5, 5.41) is 0. The van der Waals surface area contributed by atoms with Crippen LogP contribution >= 0.6 is 0 Å². The SMILES string of the molecule is C=Cc1ccc(OC(C)OC)c(C)c1. The maximum atomic E-state index is 5.54. The van der Waals surface area contributed by atoms with E-state index in [4.69, 9.17) is 9.47 Å². The molecule has 0 aromatic heterocycles. The fraction of sp³-hybridized carbons (Fsp3) is 0.333. The van der Waals surface area contributed by atoms with Gasteiger partial charge in [0.25, 0.3) is 0 Å². The van der Waals surface area contributed by atoms with Crippen LogP contribution in [-0.2, 0) is 4.74 Å². The van der Waals surface area contributed by atoms with Gasteiger partial charge in [0.15, 0.2) is 6.29 Å². The van der Waals surface area contributed by atoms with Crippen molar-refractivity contribution < 1.29 is 9.47 Å². The summed E-state index contributed by atoms with van der Waals surface area (Å²) in [7, 11) is 1.62. The molecule has 0 bridgehead atoms. The third-order valence-electron chi connectivity index (χ3n) is 2.06. The average Bonchev–Trinajstić information content (AvgIpc) is 2.20. The monoisotopic (exact) mass is 192 g/mol. The van der Waals surface area contributed by atoms with Crippen molar-refractivity contribution in [3.8, 4) is 5.75 Å². The number of hydrogen-bond acceptors (Lipinski definition) is 2. The van der Waals surface area contributed by atoms with Crippen LogP contribution < -0.4 is 4.74 Å². The number of hydrogen-bond donors (Lipinski definition) is 0. The van der Waals surface area contributed by atoms with Crippen molar-refractivity contribution in [1.82, 2.24) is 0 Å². The molecule has 0 aliphatic carbocycles. The van der Waals surface area contributed by atoms with Crippen molar-refractivity contribution in [3.05, 3.63) is 35.9 Å². The molecule has 76 valence electrons. The van der Waals surface area contributed by atoms with Crippen LogP contribution in [0.1, 0.15) is 18.1 Å². The van der Waals surface area contributed by atoms with Gasteiger partial charge in [-0.05, 0) is 37.1 Å². The molecule has 1 aromatic carbocycles. The molecule has 0 saturated carbocycles. The Kier molecular flexibility index (Phi) is 3.72. The molecule has 2 nitrogen and oxygen atoms in total. The molecule has 0 spiro atoms. The molecule has 0 saturated heterocycles. The molecule has 14 heavy (non-hydrogen) atoms. The fourth-order valence-corrected chi connectivity index (χ4v) is 1.16. The van der Waals surface area contributed by atoms with E-state index in [-0.39, 0.29) is 6.29 Å². The van der Waals surface area contributed by atoms with Gasteiger partial charge in [-0.3, -0.25) is 0 Å². The molecular weight excluding hydrogens is 176 g/mol. The highest BCUT2D eigenvalue weighted by molar-refractivity contribution is 5.51. The lowest BCUT2D eigenvalue weighted by molar-refractivity contribution is -0.0386. The smallest absolute Gasteiger partial charge is 0.196 e. The van der Waals surface area contributed by atoms with Crippen LogP contribution in [-0.4, -0.2) is 13.4 Å². The van der Waals surface area contributed by atoms with Gasteiger partial charge in [-0.25, -0.2) is 0 Å². The van der Waals surface area contributed by atoms with Crippen LogP contribution in [0.5, 0.6) is 5.75 Å². The highest BCUT2D eigenvalue weighted by atomic mass is 16.7. The summed E-state index contributed by atoms with van der Waals surface area (Å²) in [5.41, 5.74) is 2.19. The predicted molar refractivity (Wildman–Crippen MR) is 58.4 cm³/mol. The molecule has 0 fully saturated rings. The lowest BCUT2D eigenvalue weighted by atomic mass is 10.1. The Morgan fingerprint density at radius 1 is 1.43 bits per heavy atom. The third-order valence-corrected chi connectivity index (χ3v) is 2.06. The lowest BCUT2D eigenvalue weighted by Crippen LogP contribution is -2.14. The van der Waals surface area contributed by atoms with E-state index in [0.29, 0.717) is 0 Å². The van der Waals surface area contributed by atoms with Crippen LogP contribution in [0, 0.1) is 6.92 Å². The molecule has 0 aliphatic rings. The Hall–Kier alpha value is -1.28. The van der Waals surface area contributed by atoms with Crippen LogP contribution in [0.3, 0.4) is 0 Å². The van der Waals surface area contributed by atoms with E-state index >= 15 is 0 Å². The summed E-state index contributed by atoms with van der Waals surface area (Å²) in [6.45, 7) is 7.58. The first-order valence-corrected chi connectivity index (χ1v) is 4.60. The minimum absolute atomic E-state index is 0.219. The standard InChI is InChI=1S/C12H16O2/c1-5-11-6-7-12(9(2)8-11)14-10(3)13-4/h5-8,10H,1H2,2-4H3. The van der Waals surface area contributed by atoms with E-state index < -0.39 is 0 Å². The molecule has 1 atom stereocenters. The van der Waals surface area contributed by atoms with E-state index in [9.17, 15) is 0 Å². The maximum absolute atomic E-state index is 5.54. The van der Waals surface area contributed by atoms with E-state index in [1.165, 1.54) is 0 Å². The first kappa shape index (κ1) is 10.8. The Labute approximate surface area is 85.2 Å². The highest BCUT2D eigenvalue weighted by Gasteiger charge is 2.04.